The second kappa shape index (κ2) is 7.79. The van der Waals surface area contributed by atoms with Crippen LogP contribution in [-0.4, -0.2) is 45.1 Å². The average Bonchev–Trinajstić information content (AvgIpc) is 2.53. The van der Waals surface area contributed by atoms with Gasteiger partial charge in [0.25, 0.3) is 5.91 Å². The topological polar surface area (TPSA) is 70.7 Å². The van der Waals surface area contributed by atoms with E-state index in [1.165, 1.54) is 0 Å². The lowest BCUT2D eigenvalue weighted by Crippen LogP contribution is -2.41. The SMILES string of the molecule is CNCC(C)C(=O)NCCCN1C(=O)COc2ccccc21. The smallest absolute Gasteiger partial charge is 0.265 e. The highest BCUT2D eigenvalue weighted by molar-refractivity contribution is 5.97. The maximum absolute atomic E-state index is 12.0. The van der Waals surface area contributed by atoms with Crippen LogP contribution in [0.15, 0.2) is 24.3 Å². The molecule has 0 fully saturated rings. The van der Waals surface area contributed by atoms with Gasteiger partial charge < -0.3 is 20.3 Å². The number of hydrogen-bond acceptors (Lipinski definition) is 4. The van der Waals surface area contributed by atoms with Gasteiger partial charge in [0.2, 0.25) is 5.91 Å². The molecule has 1 unspecified atom stereocenters. The minimum absolute atomic E-state index is 0.0306. The standard InChI is InChI=1S/C16H23N3O3/c1-12(10-17-2)16(21)18-8-5-9-19-13-6-3-4-7-14(13)22-11-15(19)20/h3-4,6-7,12,17H,5,8-11H2,1-2H3,(H,18,21). The molecule has 0 radical (unpaired) electrons. The molecule has 1 atom stereocenters. The number of carbonyl (C=O) groups excluding carboxylic acids is 2. The van der Waals surface area contributed by atoms with Crippen LogP contribution in [-0.2, 0) is 9.59 Å². The van der Waals surface area contributed by atoms with Crippen molar-refractivity contribution in [3.8, 4) is 5.75 Å². The average molecular weight is 305 g/mol. The van der Waals surface area contributed by atoms with E-state index in [0.29, 0.717) is 26.1 Å². The third-order valence-electron chi connectivity index (χ3n) is 3.62. The van der Waals surface area contributed by atoms with Crippen molar-refractivity contribution < 1.29 is 14.3 Å². The molecule has 1 aromatic carbocycles. The van der Waals surface area contributed by atoms with E-state index in [-0.39, 0.29) is 24.3 Å². The van der Waals surface area contributed by atoms with Crippen molar-refractivity contribution in [2.24, 2.45) is 5.92 Å². The van der Waals surface area contributed by atoms with Crippen LogP contribution in [0.4, 0.5) is 5.69 Å². The van der Waals surface area contributed by atoms with Crippen molar-refractivity contribution in [3.05, 3.63) is 24.3 Å². The third kappa shape index (κ3) is 3.98. The number of rotatable bonds is 7. The first-order chi connectivity index (χ1) is 10.6. The first-order valence-electron chi connectivity index (χ1n) is 7.58. The zero-order valence-electron chi connectivity index (χ0n) is 13.1. The highest BCUT2D eigenvalue weighted by atomic mass is 16.5. The lowest BCUT2D eigenvalue weighted by Gasteiger charge is -2.29. The minimum Gasteiger partial charge on any atom is -0.482 e. The van der Waals surface area contributed by atoms with Gasteiger partial charge in [-0.15, -0.1) is 0 Å². The predicted molar refractivity (Wildman–Crippen MR) is 85.0 cm³/mol. The van der Waals surface area contributed by atoms with Gasteiger partial charge in [-0.3, -0.25) is 9.59 Å². The summed E-state index contributed by atoms with van der Waals surface area (Å²) in [6.07, 6.45) is 0.706. The van der Waals surface area contributed by atoms with Crippen molar-refractivity contribution in [2.45, 2.75) is 13.3 Å². The molecule has 22 heavy (non-hydrogen) atoms. The molecule has 0 aromatic heterocycles. The summed E-state index contributed by atoms with van der Waals surface area (Å²) in [4.78, 5) is 25.5. The van der Waals surface area contributed by atoms with Gasteiger partial charge in [0.05, 0.1) is 5.69 Å². The summed E-state index contributed by atoms with van der Waals surface area (Å²) in [5, 5.41) is 5.88. The van der Waals surface area contributed by atoms with E-state index in [0.717, 1.165) is 11.4 Å². The lowest BCUT2D eigenvalue weighted by molar-refractivity contribution is -0.124. The number of nitrogens with one attached hydrogen (secondary N) is 2. The number of amides is 2. The van der Waals surface area contributed by atoms with Crippen molar-refractivity contribution in [3.63, 3.8) is 0 Å². The van der Waals surface area contributed by atoms with Crippen molar-refractivity contribution in [1.29, 1.82) is 0 Å². The Balaban J connectivity index is 1.82. The number of nitrogens with zero attached hydrogens (tertiary/aromatic N) is 1. The van der Waals surface area contributed by atoms with E-state index in [4.69, 9.17) is 4.74 Å². The first kappa shape index (κ1) is 16.3. The summed E-state index contributed by atoms with van der Waals surface area (Å²) in [7, 11) is 1.82. The predicted octanol–water partition coefficient (Wildman–Crippen LogP) is 0.774. The molecule has 0 saturated heterocycles. The maximum atomic E-state index is 12.0. The van der Waals surface area contributed by atoms with E-state index < -0.39 is 0 Å². The van der Waals surface area contributed by atoms with Crippen molar-refractivity contribution >= 4 is 17.5 Å². The van der Waals surface area contributed by atoms with Gasteiger partial charge in [-0.25, -0.2) is 0 Å². The molecule has 0 saturated carbocycles. The summed E-state index contributed by atoms with van der Waals surface area (Å²) >= 11 is 0. The zero-order chi connectivity index (χ0) is 15.9. The molecule has 1 aliphatic rings. The lowest BCUT2D eigenvalue weighted by atomic mass is 10.1. The number of hydrogen-bond donors (Lipinski definition) is 2. The van der Waals surface area contributed by atoms with E-state index in [2.05, 4.69) is 10.6 Å². The van der Waals surface area contributed by atoms with Gasteiger partial charge in [0, 0.05) is 25.6 Å². The van der Waals surface area contributed by atoms with E-state index >= 15 is 0 Å². The van der Waals surface area contributed by atoms with Crippen LogP contribution in [0.5, 0.6) is 5.75 Å². The fraction of sp³-hybridized carbons (Fsp3) is 0.500. The van der Waals surface area contributed by atoms with Gasteiger partial charge in [-0.2, -0.15) is 0 Å². The monoisotopic (exact) mass is 305 g/mol. The quantitative estimate of drug-likeness (QED) is 0.730. The van der Waals surface area contributed by atoms with Crippen molar-refractivity contribution in [2.75, 3.05) is 38.2 Å². The fourth-order valence-corrected chi connectivity index (χ4v) is 2.42. The summed E-state index contributed by atoms with van der Waals surface area (Å²) < 4.78 is 5.40. The molecule has 0 aliphatic carbocycles. The summed E-state index contributed by atoms with van der Waals surface area (Å²) in [5.41, 5.74) is 0.800. The molecular weight excluding hydrogens is 282 g/mol. The van der Waals surface area contributed by atoms with Gasteiger partial charge in [-0.1, -0.05) is 19.1 Å². The Kier molecular flexibility index (Phi) is 5.77. The van der Waals surface area contributed by atoms with Crippen molar-refractivity contribution in [1.82, 2.24) is 10.6 Å². The summed E-state index contributed by atoms with van der Waals surface area (Å²) in [5.74, 6) is 0.654. The van der Waals surface area contributed by atoms with E-state index in [1.807, 2.05) is 38.2 Å². The van der Waals surface area contributed by atoms with E-state index in [1.54, 1.807) is 4.90 Å². The largest absolute Gasteiger partial charge is 0.482 e. The van der Waals surface area contributed by atoms with Gasteiger partial charge in [0.15, 0.2) is 6.61 Å². The van der Waals surface area contributed by atoms with Crippen LogP contribution in [0, 0.1) is 5.92 Å². The molecule has 2 rings (SSSR count). The van der Waals surface area contributed by atoms with Gasteiger partial charge in [0.1, 0.15) is 5.75 Å². The molecular formula is C16H23N3O3. The molecule has 2 amide bonds. The van der Waals surface area contributed by atoms with Gasteiger partial charge in [-0.05, 0) is 25.6 Å². The Morgan fingerprint density at radius 2 is 2.18 bits per heavy atom. The normalized spacial score (nSPS) is 15.0. The first-order valence-corrected chi connectivity index (χ1v) is 7.58. The number of benzene rings is 1. The molecule has 6 heteroatoms. The third-order valence-corrected chi connectivity index (χ3v) is 3.62. The molecule has 6 nitrogen and oxygen atoms in total. The Morgan fingerprint density at radius 1 is 1.41 bits per heavy atom. The second-order valence-electron chi connectivity index (χ2n) is 5.41. The summed E-state index contributed by atoms with van der Waals surface area (Å²) in [6, 6.07) is 7.50. The molecule has 1 heterocycles. The Hall–Kier alpha value is -2.08. The van der Waals surface area contributed by atoms with Gasteiger partial charge >= 0.3 is 0 Å². The number of anilines is 1. The zero-order valence-corrected chi connectivity index (χ0v) is 13.1. The summed E-state index contributed by atoms with van der Waals surface area (Å²) in [6.45, 7) is 3.73. The highest BCUT2D eigenvalue weighted by Crippen LogP contribution is 2.31. The Bertz CT molecular complexity index is 533. The molecule has 2 N–H and O–H groups in total. The number of fused-ring (bicyclic) bond motifs is 1. The fourth-order valence-electron chi connectivity index (χ4n) is 2.42. The minimum atomic E-state index is -0.0595. The number of carbonyl (C=O) groups is 2. The number of ether oxygens (including phenoxy) is 1. The molecule has 0 bridgehead atoms. The van der Waals surface area contributed by atoms with Crippen LogP contribution in [0.2, 0.25) is 0 Å². The Morgan fingerprint density at radius 3 is 2.95 bits per heavy atom. The number of para-hydroxylation sites is 2. The molecule has 0 spiro atoms. The molecule has 1 aliphatic heterocycles. The Labute approximate surface area is 130 Å². The van der Waals surface area contributed by atoms with Crippen LogP contribution in [0.1, 0.15) is 13.3 Å². The van der Waals surface area contributed by atoms with Crippen LogP contribution in [0.25, 0.3) is 0 Å². The second-order valence-corrected chi connectivity index (χ2v) is 5.41. The van der Waals surface area contributed by atoms with Crippen LogP contribution < -0.4 is 20.3 Å². The molecule has 1 aromatic rings. The van der Waals surface area contributed by atoms with Crippen LogP contribution in [0.3, 0.4) is 0 Å². The highest BCUT2D eigenvalue weighted by Gasteiger charge is 2.24. The van der Waals surface area contributed by atoms with E-state index in [9.17, 15) is 9.59 Å². The molecule has 120 valence electrons. The maximum Gasteiger partial charge on any atom is 0.265 e. The van der Waals surface area contributed by atoms with Crippen LogP contribution >= 0.6 is 0 Å².